The van der Waals surface area contributed by atoms with E-state index in [9.17, 15) is 14.8 Å². The number of carbonyl (C=O) groups is 1. The highest BCUT2D eigenvalue weighted by Gasteiger charge is 2.18. The van der Waals surface area contributed by atoms with Gasteiger partial charge in [0.05, 0.1) is 17.3 Å². The lowest BCUT2D eigenvalue weighted by Gasteiger charge is -2.14. The highest BCUT2D eigenvalue weighted by molar-refractivity contribution is 6.58. The van der Waals surface area contributed by atoms with Crippen LogP contribution in [0.4, 0.5) is 5.82 Å². The summed E-state index contributed by atoms with van der Waals surface area (Å²) in [5, 5.41) is 23.1. The van der Waals surface area contributed by atoms with Gasteiger partial charge in [0, 0.05) is 24.7 Å². The molecule has 186 valence electrons. The highest BCUT2D eigenvalue weighted by Crippen LogP contribution is 2.31. The maximum absolute atomic E-state index is 11.9. The van der Waals surface area contributed by atoms with E-state index in [0.717, 1.165) is 10.9 Å². The Labute approximate surface area is 211 Å². The molecule has 0 atom stereocenters. The van der Waals surface area contributed by atoms with E-state index in [-0.39, 0.29) is 0 Å². The zero-order valence-electron chi connectivity index (χ0n) is 19.7. The summed E-state index contributed by atoms with van der Waals surface area (Å²) in [6.45, 7) is 1.01. The minimum absolute atomic E-state index is 0.306. The Bertz CT molecular complexity index is 1610. The molecule has 1 amide bonds. The van der Waals surface area contributed by atoms with Crippen LogP contribution in [0.5, 0.6) is 5.75 Å². The van der Waals surface area contributed by atoms with E-state index in [0.29, 0.717) is 65.0 Å². The number of rotatable bonds is 9. The SMILES string of the molecule is NCCOc1cccc2c(NCc3cccc(B(O)O)c3)nc(-c3ncc4c(C(N)=O)cccn34)nc12. The lowest BCUT2D eigenvalue weighted by Crippen LogP contribution is -2.30. The second-order valence-electron chi connectivity index (χ2n) is 8.28. The summed E-state index contributed by atoms with van der Waals surface area (Å²) in [6.07, 6.45) is 3.31. The molecule has 0 saturated carbocycles. The number of fused-ring (bicyclic) bond motifs is 2. The van der Waals surface area contributed by atoms with Gasteiger partial charge >= 0.3 is 7.12 Å². The van der Waals surface area contributed by atoms with Gasteiger partial charge in [-0.15, -0.1) is 0 Å². The number of primary amides is 1. The fourth-order valence-corrected chi connectivity index (χ4v) is 4.09. The van der Waals surface area contributed by atoms with Crippen molar-refractivity contribution in [1.29, 1.82) is 0 Å². The lowest BCUT2D eigenvalue weighted by molar-refractivity contribution is 0.100. The van der Waals surface area contributed by atoms with Gasteiger partial charge in [-0.3, -0.25) is 9.20 Å². The molecule has 0 aliphatic heterocycles. The van der Waals surface area contributed by atoms with Crippen LogP contribution in [0.1, 0.15) is 15.9 Å². The molecule has 7 N–H and O–H groups in total. The van der Waals surface area contributed by atoms with Crippen LogP contribution >= 0.6 is 0 Å². The molecule has 0 radical (unpaired) electrons. The van der Waals surface area contributed by atoms with Gasteiger partial charge in [0.2, 0.25) is 0 Å². The summed E-state index contributed by atoms with van der Waals surface area (Å²) in [5.41, 5.74) is 13.8. The summed E-state index contributed by atoms with van der Waals surface area (Å²) >= 11 is 0. The molecule has 3 aromatic heterocycles. The van der Waals surface area contributed by atoms with Crippen molar-refractivity contribution >= 4 is 40.7 Å². The van der Waals surface area contributed by atoms with Crippen LogP contribution in [-0.2, 0) is 6.54 Å². The summed E-state index contributed by atoms with van der Waals surface area (Å²) in [4.78, 5) is 25.9. The van der Waals surface area contributed by atoms with Gasteiger partial charge in [0.25, 0.3) is 5.91 Å². The third kappa shape index (κ3) is 4.80. The predicted molar refractivity (Wildman–Crippen MR) is 140 cm³/mol. The van der Waals surface area contributed by atoms with Crippen molar-refractivity contribution in [2.45, 2.75) is 6.54 Å². The molecule has 0 unspecified atom stereocenters. The maximum atomic E-state index is 11.9. The first-order valence-electron chi connectivity index (χ1n) is 11.5. The van der Waals surface area contributed by atoms with Crippen molar-refractivity contribution in [2.24, 2.45) is 11.5 Å². The van der Waals surface area contributed by atoms with Gasteiger partial charge in [-0.25, -0.2) is 15.0 Å². The molecular weight excluding hydrogens is 473 g/mol. The van der Waals surface area contributed by atoms with Gasteiger partial charge in [0.1, 0.15) is 23.7 Å². The smallest absolute Gasteiger partial charge is 0.488 e. The van der Waals surface area contributed by atoms with Crippen LogP contribution in [0, 0.1) is 0 Å². The fourth-order valence-electron chi connectivity index (χ4n) is 4.09. The number of nitrogens with one attached hydrogen (secondary N) is 1. The van der Waals surface area contributed by atoms with Crippen molar-refractivity contribution in [2.75, 3.05) is 18.5 Å². The standard InChI is InChI=1S/C25H24BN7O4/c27-9-11-37-20-8-2-6-18-21(20)31-24(25-30-14-19-17(22(28)34)7-3-10-33(19)25)32-23(18)29-13-15-4-1-5-16(12-15)26(35)36/h1-8,10,12,14,35-36H,9,11,13,27H2,(H2,28,34)(H,29,31,32). The third-order valence-electron chi connectivity index (χ3n) is 5.81. The Morgan fingerprint density at radius 1 is 1.11 bits per heavy atom. The van der Waals surface area contributed by atoms with Gasteiger partial charge in [-0.1, -0.05) is 30.3 Å². The number of anilines is 1. The van der Waals surface area contributed by atoms with Crippen LogP contribution in [0.2, 0.25) is 0 Å². The Hall–Kier alpha value is -4.52. The number of nitrogens with two attached hydrogens (primary N) is 2. The Morgan fingerprint density at radius 2 is 1.95 bits per heavy atom. The number of pyridine rings is 1. The maximum Gasteiger partial charge on any atom is 0.488 e. The third-order valence-corrected chi connectivity index (χ3v) is 5.81. The van der Waals surface area contributed by atoms with Gasteiger partial charge in [-0.2, -0.15) is 0 Å². The molecule has 12 heteroatoms. The Kier molecular flexibility index (Phi) is 6.69. The number of hydrogen-bond donors (Lipinski definition) is 5. The summed E-state index contributed by atoms with van der Waals surface area (Å²) in [7, 11) is -1.56. The van der Waals surface area contributed by atoms with E-state index in [2.05, 4.69) is 10.3 Å². The molecule has 37 heavy (non-hydrogen) atoms. The first kappa shape index (κ1) is 24.2. The van der Waals surface area contributed by atoms with Crippen LogP contribution in [0.25, 0.3) is 28.1 Å². The average Bonchev–Trinajstić information content (AvgIpc) is 3.34. The molecule has 2 aromatic carbocycles. The molecule has 5 rings (SSSR count). The van der Waals surface area contributed by atoms with Crippen LogP contribution < -0.4 is 27.0 Å². The number of amides is 1. The zero-order chi connectivity index (χ0) is 25.9. The minimum Gasteiger partial charge on any atom is -0.490 e. The Morgan fingerprint density at radius 3 is 2.73 bits per heavy atom. The number of aromatic nitrogens is 4. The number of nitrogens with zero attached hydrogens (tertiary/aromatic N) is 4. The summed E-state index contributed by atoms with van der Waals surface area (Å²) < 4.78 is 7.56. The Balaban J connectivity index is 1.63. The molecule has 0 fully saturated rings. The number of carbonyl (C=O) groups excluding carboxylic acids is 1. The second-order valence-corrected chi connectivity index (χ2v) is 8.28. The quantitative estimate of drug-likeness (QED) is 0.183. The molecule has 0 bridgehead atoms. The number of ether oxygens (including phenoxy) is 1. The van der Waals surface area contributed by atoms with Crippen molar-refractivity contribution in [3.8, 4) is 17.4 Å². The van der Waals surface area contributed by atoms with Gasteiger partial charge < -0.3 is 31.6 Å². The van der Waals surface area contributed by atoms with E-state index in [1.165, 1.54) is 0 Å². The summed E-state index contributed by atoms with van der Waals surface area (Å²) in [6, 6.07) is 15.8. The molecule has 0 spiro atoms. The van der Waals surface area contributed by atoms with Crippen molar-refractivity contribution in [1.82, 2.24) is 19.4 Å². The second kappa shape index (κ2) is 10.2. The number of hydrogen-bond acceptors (Lipinski definition) is 9. The van der Waals surface area contributed by atoms with Gasteiger partial charge in [0.15, 0.2) is 11.6 Å². The van der Waals surface area contributed by atoms with E-state index in [4.69, 9.17) is 26.2 Å². The zero-order valence-corrected chi connectivity index (χ0v) is 19.7. The predicted octanol–water partition coefficient (Wildman–Crippen LogP) is 0.673. The van der Waals surface area contributed by atoms with Crippen molar-refractivity contribution < 1.29 is 19.6 Å². The fraction of sp³-hybridized carbons (Fsp3) is 0.120. The largest absolute Gasteiger partial charge is 0.490 e. The molecule has 5 aromatic rings. The highest BCUT2D eigenvalue weighted by atomic mass is 16.5. The van der Waals surface area contributed by atoms with Crippen molar-refractivity contribution in [3.63, 3.8) is 0 Å². The topological polar surface area (TPSA) is 174 Å². The van der Waals surface area contributed by atoms with E-state index < -0.39 is 13.0 Å². The minimum atomic E-state index is -1.56. The molecule has 0 aliphatic rings. The van der Waals surface area contributed by atoms with E-state index in [1.807, 2.05) is 18.2 Å². The van der Waals surface area contributed by atoms with Crippen LogP contribution in [0.15, 0.2) is 67.0 Å². The first-order valence-corrected chi connectivity index (χ1v) is 11.5. The first-order chi connectivity index (χ1) is 18.0. The van der Waals surface area contributed by atoms with E-state index in [1.54, 1.807) is 53.2 Å². The van der Waals surface area contributed by atoms with Crippen LogP contribution in [0.3, 0.4) is 0 Å². The number of benzene rings is 2. The summed E-state index contributed by atoms with van der Waals surface area (Å²) in [5.74, 6) is 1.23. The monoisotopic (exact) mass is 497 g/mol. The molecule has 0 saturated heterocycles. The molecule has 3 heterocycles. The average molecular weight is 497 g/mol. The molecule has 11 nitrogen and oxygen atoms in total. The molecule has 0 aliphatic carbocycles. The van der Waals surface area contributed by atoms with Gasteiger partial charge in [-0.05, 0) is 35.3 Å². The van der Waals surface area contributed by atoms with Crippen LogP contribution in [-0.4, -0.2) is 55.6 Å². The van der Waals surface area contributed by atoms with Crippen molar-refractivity contribution in [3.05, 3.63) is 78.1 Å². The number of imidazole rings is 1. The lowest BCUT2D eigenvalue weighted by atomic mass is 9.80. The normalized spacial score (nSPS) is 11.1. The number of para-hydroxylation sites is 1. The molecular formula is C25H24BN7O4. The van der Waals surface area contributed by atoms with E-state index >= 15 is 0 Å².